The Morgan fingerprint density at radius 1 is 1.20 bits per heavy atom. The molecule has 7 heteroatoms. The average Bonchev–Trinajstić information content (AvgIpc) is 2.65. The number of hydrogen-bond donors (Lipinski definition) is 0. The third-order valence-electron chi connectivity index (χ3n) is 3.84. The molecule has 0 bridgehead atoms. The van der Waals surface area contributed by atoms with E-state index in [9.17, 15) is 9.59 Å². The number of hydrogen-bond acceptors (Lipinski definition) is 5. The SMILES string of the molecule is COCCN(C(=O)Cn1c(=O)cnc2ccccc21)c1ccncc1. The maximum absolute atomic E-state index is 12.9. The molecule has 1 amide bonds. The fraction of sp³-hybridized carbons (Fsp3) is 0.222. The zero-order chi connectivity index (χ0) is 17.6. The summed E-state index contributed by atoms with van der Waals surface area (Å²) in [7, 11) is 1.58. The van der Waals surface area contributed by atoms with Gasteiger partial charge in [0.2, 0.25) is 5.91 Å². The van der Waals surface area contributed by atoms with E-state index in [2.05, 4.69) is 9.97 Å². The molecule has 0 aliphatic heterocycles. The summed E-state index contributed by atoms with van der Waals surface area (Å²) >= 11 is 0. The molecule has 0 spiro atoms. The van der Waals surface area contributed by atoms with E-state index in [1.54, 1.807) is 48.7 Å². The topological polar surface area (TPSA) is 77.3 Å². The Morgan fingerprint density at radius 2 is 1.96 bits per heavy atom. The van der Waals surface area contributed by atoms with Crippen LogP contribution in [0.2, 0.25) is 0 Å². The first-order chi connectivity index (χ1) is 12.2. The van der Waals surface area contributed by atoms with Gasteiger partial charge in [-0.05, 0) is 24.3 Å². The van der Waals surface area contributed by atoms with E-state index in [4.69, 9.17) is 4.74 Å². The second kappa shape index (κ2) is 7.67. The molecule has 3 aromatic rings. The number of rotatable bonds is 6. The predicted molar refractivity (Wildman–Crippen MR) is 94.5 cm³/mol. The van der Waals surface area contributed by atoms with E-state index in [0.717, 1.165) is 0 Å². The van der Waals surface area contributed by atoms with Crippen molar-refractivity contribution in [2.45, 2.75) is 6.54 Å². The smallest absolute Gasteiger partial charge is 0.269 e. The molecule has 0 atom stereocenters. The van der Waals surface area contributed by atoms with Gasteiger partial charge in [0.25, 0.3) is 5.56 Å². The van der Waals surface area contributed by atoms with Crippen molar-refractivity contribution in [2.24, 2.45) is 0 Å². The van der Waals surface area contributed by atoms with Gasteiger partial charge in [0.05, 0.1) is 23.8 Å². The minimum absolute atomic E-state index is 0.0755. The van der Waals surface area contributed by atoms with Gasteiger partial charge in [-0.3, -0.25) is 19.1 Å². The first-order valence-corrected chi connectivity index (χ1v) is 7.84. The van der Waals surface area contributed by atoms with Crippen molar-refractivity contribution in [2.75, 3.05) is 25.2 Å². The molecule has 0 saturated heterocycles. The highest BCUT2D eigenvalue weighted by atomic mass is 16.5. The molecule has 0 unspecified atom stereocenters. The summed E-state index contributed by atoms with van der Waals surface area (Å²) in [4.78, 5) is 34.8. The number of anilines is 1. The van der Waals surface area contributed by atoms with Gasteiger partial charge in [-0.15, -0.1) is 0 Å². The minimum Gasteiger partial charge on any atom is -0.383 e. The van der Waals surface area contributed by atoms with Crippen molar-refractivity contribution in [1.82, 2.24) is 14.5 Å². The van der Waals surface area contributed by atoms with E-state index in [1.165, 1.54) is 10.8 Å². The summed E-state index contributed by atoms with van der Waals surface area (Å²) in [5.41, 5.74) is 1.70. The van der Waals surface area contributed by atoms with Gasteiger partial charge in [0, 0.05) is 31.7 Å². The molecule has 0 radical (unpaired) electrons. The standard InChI is InChI=1S/C18H18N4O3/c1-25-11-10-21(14-6-8-19-9-7-14)18(24)13-22-16-5-3-2-4-15(16)20-12-17(22)23/h2-9,12H,10-11,13H2,1H3. The zero-order valence-electron chi connectivity index (χ0n) is 13.8. The number of ether oxygens (including phenoxy) is 1. The Hall–Kier alpha value is -3.06. The van der Waals surface area contributed by atoms with Gasteiger partial charge < -0.3 is 9.64 Å². The fourth-order valence-electron chi connectivity index (χ4n) is 2.60. The van der Waals surface area contributed by atoms with Crippen LogP contribution < -0.4 is 10.5 Å². The number of carbonyl (C=O) groups is 1. The second-order valence-corrected chi connectivity index (χ2v) is 5.41. The molecular formula is C18H18N4O3. The predicted octanol–water partition coefficient (Wildman–Crippen LogP) is 1.47. The summed E-state index contributed by atoms with van der Waals surface area (Å²) in [6.07, 6.45) is 4.48. The van der Waals surface area contributed by atoms with Crippen LogP contribution in [0.3, 0.4) is 0 Å². The number of benzene rings is 1. The van der Waals surface area contributed by atoms with Gasteiger partial charge in [0.1, 0.15) is 6.54 Å². The van der Waals surface area contributed by atoms with Crippen LogP contribution in [0, 0.1) is 0 Å². The lowest BCUT2D eigenvalue weighted by atomic mass is 10.3. The Balaban J connectivity index is 1.94. The van der Waals surface area contributed by atoms with Gasteiger partial charge in [0.15, 0.2) is 0 Å². The molecule has 7 nitrogen and oxygen atoms in total. The van der Waals surface area contributed by atoms with Crippen molar-refractivity contribution in [3.05, 3.63) is 65.3 Å². The lowest BCUT2D eigenvalue weighted by Crippen LogP contribution is -2.38. The summed E-state index contributed by atoms with van der Waals surface area (Å²) < 4.78 is 6.54. The maximum atomic E-state index is 12.9. The van der Waals surface area contributed by atoms with Crippen LogP contribution in [-0.4, -0.2) is 40.7 Å². The largest absolute Gasteiger partial charge is 0.383 e. The summed E-state index contributed by atoms with van der Waals surface area (Å²) in [6, 6.07) is 10.7. The van der Waals surface area contributed by atoms with Crippen molar-refractivity contribution in [3.63, 3.8) is 0 Å². The number of aromatic nitrogens is 3. The minimum atomic E-state index is -0.312. The van der Waals surface area contributed by atoms with E-state index in [0.29, 0.717) is 29.9 Å². The number of nitrogens with zero attached hydrogens (tertiary/aromatic N) is 4. The van der Waals surface area contributed by atoms with Crippen LogP contribution >= 0.6 is 0 Å². The second-order valence-electron chi connectivity index (χ2n) is 5.41. The van der Waals surface area contributed by atoms with Gasteiger partial charge in [-0.2, -0.15) is 0 Å². The Labute approximate surface area is 144 Å². The Kier molecular flexibility index (Phi) is 5.15. The quantitative estimate of drug-likeness (QED) is 0.680. The Morgan fingerprint density at radius 3 is 2.72 bits per heavy atom. The highest BCUT2D eigenvalue weighted by Crippen LogP contribution is 2.14. The van der Waals surface area contributed by atoms with Gasteiger partial charge >= 0.3 is 0 Å². The first-order valence-electron chi connectivity index (χ1n) is 7.84. The number of amides is 1. The third-order valence-corrected chi connectivity index (χ3v) is 3.84. The first kappa shape index (κ1) is 16.8. The molecule has 1 aromatic carbocycles. The average molecular weight is 338 g/mol. The maximum Gasteiger partial charge on any atom is 0.269 e. The van der Waals surface area contributed by atoms with E-state index in [-0.39, 0.29) is 18.0 Å². The van der Waals surface area contributed by atoms with Crippen molar-refractivity contribution >= 4 is 22.6 Å². The van der Waals surface area contributed by atoms with Crippen LogP contribution in [0.1, 0.15) is 0 Å². The lowest BCUT2D eigenvalue weighted by Gasteiger charge is -2.23. The molecular weight excluding hydrogens is 320 g/mol. The van der Waals surface area contributed by atoms with Crippen LogP contribution in [0.5, 0.6) is 0 Å². The molecule has 25 heavy (non-hydrogen) atoms. The molecule has 2 aromatic heterocycles. The van der Waals surface area contributed by atoms with E-state index >= 15 is 0 Å². The van der Waals surface area contributed by atoms with Crippen LogP contribution in [0.4, 0.5) is 5.69 Å². The Bertz CT molecular complexity index is 924. The highest BCUT2D eigenvalue weighted by Gasteiger charge is 2.17. The zero-order valence-corrected chi connectivity index (χ0v) is 13.8. The van der Waals surface area contributed by atoms with Crippen LogP contribution in [0.15, 0.2) is 59.8 Å². The van der Waals surface area contributed by atoms with Crippen molar-refractivity contribution < 1.29 is 9.53 Å². The summed E-state index contributed by atoms with van der Waals surface area (Å²) in [5, 5.41) is 0. The molecule has 0 N–H and O–H groups in total. The normalized spacial score (nSPS) is 10.8. The number of fused-ring (bicyclic) bond motifs is 1. The fourth-order valence-corrected chi connectivity index (χ4v) is 2.60. The van der Waals surface area contributed by atoms with Gasteiger partial charge in [-0.1, -0.05) is 12.1 Å². The number of pyridine rings is 1. The molecule has 2 heterocycles. The number of para-hydroxylation sites is 2. The molecule has 0 aliphatic rings. The van der Waals surface area contributed by atoms with E-state index in [1.807, 2.05) is 12.1 Å². The summed E-state index contributed by atoms with van der Waals surface area (Å²) in [5.74, 6) is -0.207. The van der Waals surface area contributed by atoms with Crippen LogP contribution in [0.25, 0.3) is 11.0 Å². The lowest BCUT2D eigenvalue weighted by molar-refractivity contribution is -0.119. The third kappa shape index (κ3) is 3.72. The summed E-state index contributed by atoms with van der Waals surface area (Å²) in [6.45, 7) is 0.699. The molecule has 0 saturated carbocycles. The van der Waals surface area contributed by atoms with Crippen LogP contribution in [-0.2, 0) is 16.1 Å². The molecule has 0 aliphatic carbocycles. The van der Waals surface area contributed by atoms with Crippen molar-refractivity contribution in [3.8, 4) is 0 Å². The van der Waals surface area contributed by atoms with Crippen molar-refractivity contribution in [1.29, 1.82) is 0 Å². The van der Waals surface area contributed by atoms with E-state index < -0.39 is 0 Å². The monoisotopic (exact) mass is 338 g/mol. The highest BCUT2D eigenvalue weighted by molar-refractivity contribution is 5.93. The number of carbonyl (C=O) groups excluding carboxylic acids is 1. The van der Waals surface area contributed by atoms with Gasteiger partial charge in [-0.25, -0.2) is 4.98 Å². The molecule has 3 rings (SSSR count). The molecule has 128 valence electrons. The number of methoxy groups -OCH3 is 1. The molecule has 0 fully saturated rings.